The van der Waals surface area contributed by atoms with Gasteiger partial charge in [0.25, 0.3) is 0 Å². The first-order chi connectivity index (χ1) is 8.64. The molecule has 106 valence electrons. The van der Waals surface area contributed by atoms with Crippen LogP contribution in [0.4, 0.5) is 23.3 Å². The number of benzene rings is 1. The van der Waals surface area contributed by atoms with Crippen LogP contribution in [0.1, 0.15) is 0 Å². The van der Waals surface area contributed by atoms with Crippen molar-refractivity contribution in [2.45, 2.75) is 11.9 Å². The van der Waals surface area contributed by atoms with E-state index in [0.717, 1.165) is 24.3 Å². The number of carboxylic acids is 1. The molecule has 0 saturated heterocycles. The van der Waals surface area contributed by atoms with E-state index in [-0.39, 0.29) is 5.75 Å². The Bertz CT molecular complexity index is 462. The Morgan fingerprint density at radius 3 is 2.05 bits per heavy atom. The molecule has 0 unspecified atom stereocenters. The number of rotatable bonds is 5. The molecule has 2 N–H and O–H groups in total. The summed E-state index contributed by atoms with van der Waals surface area (Å²) in [5.41, 5.74) is -0.834. The lowest BCUT2D eigenvalue weighted by Crippen LogP contribution is -2.60. The van der Waals surface area contributed by atoms with Gasteiger partial charge in [-0.2, -0.15) is 18.3 Å². The van der Waals surface area contributed by atoms with Gasteiger partial charge in [0.1, 0.15) is 5.75 Å². The fourth-order valence-electron chi connectivity index (χ4n) is 1.22. The summed E-state index contributed by atoms with van der Waals surface area (Å²) in [6.45, 7) is 0. The van der Waals surface area contributed by atoms with E-state index < -0.39 is 28.7 Å². The normalized spacial score (nSPS) is 14.6. The molecule has 1 atom stereocenters. The highest BCUT2D eigenvalue weighted by Gasteiger charge is 2.66. The third-order valence-corrected chi connectivity index (χ3v) is 2.25. The van der Waals surface area contributed by atoms with E-state index in [1.54, 1.807) is 0 Å². The van der Waals surface area contributed by atoms with Crippen molar-refractivity contribution in [2.24, 2.45) is 0 Å². The fraction of sp³-hybridized carbons (Fsp3) is 0.300. The zero-order chi connectivity index (χ0) is 14.8. The number of methoxy groups -OCH3 is 1. The van der Waals surface area contributed by atoms with Gasteiger partial charge in [0.15, 0.2) is 0 Å². The maximum absolute atomic E-state index is 13.6. The van der Waals surface area contributed by atoms with Crippen LogP contribution in [0.25, 0.3) is 0 Å². The monoisotopic (exact) mass is 283 g/mol. The molecule has 19 heavy (non-hydrogen) atoms. The Morgan fingerprint density at radius 2 is 1.74 bits per heavy atom. The minimum Gasteiger partial charge on any atom is -0.497 e. The summed E-state index contributed by atoms with van der Waals surface area (Å²) in [4.78, 5) is 10.5. The van der Waals surface area contributed by atoms with E-state index in [9.17, 15) is 22.4 Å². The van der Waals surface area contributed by atoms with Gasteiger partial charge >= 0.3 is 17.9 Å². The predicted octanol–water partition coefficient (Wildman–Crippen LogP) is 1.72. The second-order valence-electron chi connectivity index (χ2n) is 3.45. The molecule has 1 aromatic rings. The molecule has 0 radical (unpaired) electrons. The third-order valence-electron chi connectivity index (χ3n) is 2.25. The number of nitrogens with zero attached hydrogens (tertiary/aromatic N) is 1. The van der Waals surface area contributed by atoms with E-state index in [2.05, 4.69) is 0 Å². The van der Waals surface area contributed by atoms with E-state index in [1.165, 1.54) is 7.11 Å². The lowest BCUT2D eigenvalue weighted by molar-refractivity contribution is -0.286. The van der Waals surface area contributed by atoms with Crippen LogP contribution in [0.2, 0.25) is 0 Å². The van der Waals surface area contributed by atoms with Crippen LogP contribution in [0.5, 0.6) is 5.75 Å². The molecule has 0 fully saturated rings. The Morgan fingerprint density at radius 1 is 1.26 bits per heavy atom. The van der Waals surface area contributed by atoms with Crippen molar-refractivity contribution in [1.82, 2.24) is 0 Å². The number of anilines is 1. The van der Waals surface area contributed by atoms with Gasteiger partial charge in [0.2, 0.25) is 0 Å². The number of aliphatic hydroxyl groups is 1. The SMILES string of the molecule is COc1ccc(N(F)[C@](F)(C(=O)O)C(O)(F)F)cc1. The molecule has 5 nitrogen and oxygen atoms in total. The molecule has 0 aliphatic heterocycles. The average Bonchev–Trinajstić information content (AvgIpc) is 2.35. The van der Waals surface area contributed by atoms with Crippen LogP contribution < -0.4 is 9.86 Å². The highest BCUT2D eigenvalue weighted by atomic mass is 19.3. The Hall–Kier alpha value is -2.03. The van der Waals surface area contributed by atoms with Crippen molar-refractivity contribution in [2.75, 3.05) is 12.2 Å². The number of halogens is 4. The van der Waals surface area contributed by atoms with Gasteiger partial charge in [-0.15, -0.1) is 0 Å². The van der Waals surface area contributed by atoms with Crippen molar-refractivity contribution in [3.05, 3.63) is 24.3 Å². The van der Waals surface area contributed by atoms with Gasteiger partial charge in [-0.3, -0.25) is 0 Å². The standard InChI is InChI=1S/C10H9F4NO4/c1-19-7-4-2-6(3-5-7)15(14)9(11,8(16)17)10(12,13)18/h2-5,18H,1H3,(H,16,17)/t9-/m1/s1. The number of hydrogen-bond acceptors (Lipinski definition) is 4. The van der Waals surface area contributed by atoms with Crippen LogP contribution in [-0.4, -0.2) is 35.2 Å². The summed E-state index contributed by atoms with van der Waals surface area (Å²) in [5.74, 6) is -7.60. The maximum atomic E-state index is 13.6. The van der Waals surface area contributed by atoms with Gasteiger partial charge in [-0.1, -0.05) is 4.48 Å². The largest absolute Gasteiger partial charge is 0.497 e. The second-order valence-corrected chi connectivity index (χ2v) is 3.45. The summed E-state index contributed by atoms with van der Waals surface area (Å²) in [5, 5.41) is 15.3. The molecule has 0 spiro atoms. The van der Waals surface area contributed by atoms with Gasteiger partial charge in [0.05, 0.1) is 12.8 Å². The van der Waals surface area contributed by atoms with Crippen molar-refractivity contribution >= 4 is 11.7 Å². The van der Waals surface area contributed by atoms with Gasteiger partial charge in [-0.05, 0) is 24.3 Å². The Balaban J connectivity index is 3.20. The number of carbonyl (C=O) groups is 1. The zero-order valence-corrected chi connectivity index (χ0v) is 9.48. The fourth-order valence-corrected chi connectivity index (χ4v) is 1.22. The second kappa shape index (κ2) is 4.92. The van der Waals surface area contributed by atoms with Crippen LogP contribution in [0.3, 0.4) is 0 Å². The Kier molecular flexibility index (Phi) is 3.89. The molecular weight excluding hydrogens is 274 g/mol. The van der Waals surface area contributed by atoms with E-state index >= 15 is 0 Å². The first-order valence-electron chi connectivity index (χ1n) is 4.77. The summed E-state index contributed by atoms with van der Waals surface area (Å²) < 4.78 is 57.1. The number of alkyl halides is 3. The van der Waals surface area contributed by atoms with Gasteiger partial charge < -0.3 is 14.9 Å². The van der Waals surface area contributed by atoms with Crippen molar-refractivity contribution < 1.29 is 37.4 Å². The number of hydrogen-bond donors (Lipinski definition) is 2. The highest BCUT2D eigenvalue weighted by molar-refractivity contribution is 5.82. The van der Waals surface area contributed by atoms with Gasteiger partial charge in [0, 0.05) is 0 Å². The first kappa shape index (κ1) is 15.0. The van der Waals surface area contributed by atoms with Crippen LogP contribution in [-0.2, 0) is 4.79 Å². The van der Waals surface area contributed by atoms with E-state index in [0.29, 0.717) is 0 Å². The lowest BCUT2D eigenvalue weighted by Gasteiger charge is -2.30. The minimum atomic E-state index is -5.45. The molecule has 9 heteroatoms. The van der Waals surface area contributed by atoms with E-state index in [4.69, 9.17) is 14.9 Å². The van der Waals surface area contributed by atoms with Crippen molar-refractivity contribution in [3.63, 3.8) is 0 Å². The molecule has 0 bridgehead atoms. The molecule has 1 rings (SSSR count). The minimum absolute atomic E-state index is 0.215. The highest BCUT2D eigenvalue weighted by Crippen LogP contribution is 2.38. The smallest absolute Gasteiger partial charge is 0.420 e. The molecular formula is C10H9F4NO4. The molecule has 0 aliphatic carbocycles. The van der Waals surface area contributed by atoms with Crippen molar-refractivity contribution in [1.29, 1.82) is 0 Å². The lowest BCUT2D eigenvalue weighted by atomic mass is 10.2. The molecule has 0 aliphatic rings. The van der Waals surface area contributed by atoms with Crippen LogP contribution in [0.15, 0.2) is 24.3 Å². The summed E-state index contributed by atoms with van der Waals surface area (Å²) >= 11 is 0. The molecule has 0 saturated carbocycles. The average molecular weight is 283 g/mol. The molecule has 0 aromatic heterocycles. The maximum Gasteiger partial charge on any atom is 0.420 e. The summed E-state index contributed by atoms with van der Waals surface area (Å²) in [6, 6.07) is 3.81. The van der Waals surface area contributed by atoms with Gasteiger partial charge in [-0.25, -0.2) is 4.79 Å². The first-order valence-corrected chi connectivity index (χ1v) is 4.77. The number of carboxylic acid groups (broad SMARTS) is 1. The number of ether oxygens (including phenoxy) is 1. The topological polar surface area (TPSA) is 70.0 Å². The Labute approximate surface area is 104 Å². The zero-order valence-electron chi connectivity index (χ0n) is 9.48. The molecule has 0 amide bonds. The summed E-state index contributed by atoms with van der Waals surface area (Å²) in [7, 11) is 1.28. The van der Waals surface area contributed by atoms with Crippen molar-refractivity contribution in [3.8, 4) is 5.75 Å². The molecule has 1 aromatic carbocycles. The predicted molar refractivity (Wildman–Crippen MR) is 55.2 cm³/mol. The van der Waals surface area contributed by atoms with Crippen LogP contribution >= 0.6 is 0 Å². The quantitative estimate of drug-likeness (QED) is 0.489. The van der Waals surface area contributed by atoms with E-state index in [1.807, 2.05) is 0 Å². The summed E-state index contributed by atoms with van der Waals surface area (Å²) in [6.07, 6.45) is -5.45. The molecule has 0 heterocycles. The number of aliphatic carboxylic acids is 1. The van der Waals surface area contributed by atoms with Crippen LogP contribution in [0, 0.1) is 0 Å². The third kappa shape index (κ3) is 2.55.